The maximum Gasteiger partial charge on any atom is 0.472 e. The first-order chi connectivity index (χ1) is 46.6. The van der Waals surface area contributed by atoms with Crippen molar-refractivity contribution < 1.29 is 80.2 Å². The molecule has 0 aromatic carbocycles. The molecule has 0 aliphatic rings. The molecule has 3 unspecified atom stereocenters. The molecule has 0 saturated heterocycles. The van der Waals surface area contributed by atoms with Crippen LogP contribution in [-0.4, -0.2) is 96.7 Å². The predicted molar refractivity (Wildman–Crippen MR) is 395 cm³/mol. The number of aliphatic hydroxyl groups is 1. The standard InChI is InChI=1S/C78H152O17P2/c1-9-71(8)57-49-41-32-28-29-35-45-53-61-78(83)95-73(64-88-75(80)58-50-42-33-26-22-17-15-13-11-10-12-14-16-20-24-30-38-46-54-68(2)3)66-92-96(84,85)90-62-72(79)63-91-97(86,87)93-67-74(65-89-76(81)59-51-43-37-36-40-48-56-70(6)7)94-77(82)60-52-44-34-27-23-19-18-21-25-31-39-47-55-69(4)5/h68-74,79H,9-67H2,1-8H3,(H,84,85)(H,86,87)/t71?,72-,73-,74-/m1/s1. The van der Waals surface area contributed by atoms with Crippen LogP contribution in [0.2, 0.25) is 0 Å². The highest BCUT2D eigenvalue weighted by atomic mass is 31.2. The molecule has 0 aliphatic carbocycles. The largest absolute Gasteiger partial charge is 0.472 e. The summed E-state index contributed by atoms with van der Waals surface area (Å²) in [6.07, 6.45) is 53.0. The molecule has 0 rings (SSSR count). The SMILES string of the molecule is CCC(C)CCCCCCCCCCC(=O)O[C@H](COC(=O)CCCCCCCCCCCCCCCCCCCCC(C)C)COP(=O)(O)OC[C@@H](O)COP(=O)(O)OC[C@@H](COC(=O)CCCCCCCCC(C)C)OC(=O)CCCCCCCCCCCCCCC(C)C. The molecule has 97 heavy (non-hydrogen) atoms. The first-order valence-corrected chi connectivity index (χ1v) is 43.2. The van der Waals surface area contributed by atoms with Gasteiger partial charge >= 0.3 is 39.5 Å². The van der Waals surface area contributed by atoms with E-state index in [0.717, 1.165) is 114 Å². The lowest BCUT2D eigenvalue weighted by atomic mass is 9.99. The van der Waals surface area contributed by atoms with Gasteiger partial charge in [-0.2, -0.15) is 0 Å². The fraction of sp³-hybridized carbons (Fsp3) is 0.949. The number of hydrogen-bond donors (Lipinski definition) is 3. The van der Waals surface area contributed by atoms with Crippen LogP contribution in [0.5, 0.6) is 0 Å². The van der Waals surface area contributed by atoms with Crippen LogP contribution >= 0.6 is 15.6 Å². The molecule has 19 heteroatoms. The molecule has 0 heterocycles. The van der Waals surface area contributed by atoms with Crippen molar-refractivity contribution in [2.45, 2.75) is 414 Å². The van der Waals surface area contributed by atoms with Crippen molar-refractivity contribution >= 4 is 39.5 Å². The number of rotatable bonds is 75. The third kappa shape index (κ3) is 70.9. The van der Waals surface area contributed by atoms with Crippen LogP contribution in [0.4, 0.5) is 0 Å². The molecule has 0 aliphatic heterocycles. The predicted octanol–water partition coefficient (Wildman–Crippen LogP) is 22.8. The van der Waals surface area contributed by atoms with Crippen molar-refractivity contribution in [1.82, 2.24) is 0 Å². The normalized spacial score (nSPS) is 14.4. The first-order valence-electron chi connectivity index (χ1n) is 40.2. The minimum atomic E-state index is -4.96. The lowest BCUT2D eigenvalue weighted by molar-refractivity contribution is -0.161. The van der Waals surface area contributed by atoms with E-state index in [1.165, 1.54) is 193 Å². The summed E-state index contributed by atoms with van der Waals surface area (Å²) in [5.74, 6) is 0.926. The summed E-state index contributed by atoms with van der Waals surface area (Å²) in [6.45, 7) is 14.2. The third-order valence-corrected chi connectivity index (χ3v) is 20.3. The highest BCUT2D eigenvalue weighted by Crippen LogP contribution is 2.45. The molecule has 0 spiro atoms. The summed E-state index contributed by atoms with van der Waals surface area (Å²) in [5, 5.41) is 10.6. The van der Waals surface area contributed by atoms with E-state index >= 15 is 0 Å². The second-order valence-electron chi connectivity index (χ2n) is 29.8. The van der Waals surface area contributed by atoms with Gasteiger partial charge in [0.05, 0.1) is 26.4 Å². The lowest BCUT2D eigenvalue weighted by Crippen LogP contribution is -2.30. The maximum absolute atomic E-state index is 13.1. The fourth-order valence-electron chi connectivity index (χ4n) is 11.9. The van der Waals surface area contributed by atoms with Crippen LogP contribution in [0, 0.1) is 23.7 Å². The van der Waals surface area contributed by atoms with Crippen LogP contribution in [0.3, 0.4) is 0 Å². The van der Waals surface area contributed by atoms with Crippen molar-refractivity contribution in [1.29, 1.82) is 0 Å². The van der Waals surface area contributed by atoms with Gasteiger partial charge in [0.1, 0.15) is 19.3 Å². The Morgan fingerprint density at radius 1 is 0.289 bits per heavy atom. The number of ether oxygens (including phenoxy) is 4. The zero-order chi connectivity index (χ0) is 71.7. The number of carbonyl (C=O) groups is 4. The molecule has 0 saturated carbocycles. The molecular weight excluding hydrogens is 1270 g/mol. The first kappa shape index (κ1) is 95.1. The Morgan fingerprint density at radius 2 is 0.495 bits per heavy atom. The Labute approximate surface area is 594 Å². The van der Waals surface area contributed by atoms with Gasteiger partial charge in [-0.05, 0) is 49.4 Å². The molecule has 0 aromatic rings. The van der Waals surface area contributed by atoms with Gasteiger partial charge in [0.25, 0.3) is 0 Å². The van der Waals surface area contributed by atoms with Crippen molar-refractivity contribution in [3.8, 4) is 0 Å². The number of esters is 4. The molecule has 0 amide bonds. The van der Waals surface area contributed by atoms with Crippen LogP contribution in [0.25, 0.3) is 0 Å². The Morgan fingerprint density at radius 3 is 0.732 bits per heavy atom. The number of carbonyl (C=O) groups excluding carboxylic acids is 4. The molecule has 0 radical (unpaired) electrons. The summed E-state index contributed by atoms with van der Waals surface area (Å²) in [4.78, 5) is 72.8. The van der Waals surface area contributed by atoms with Gasteiger partial charge in [0.15, 0.2) is 12.2 Å². The Kier molecular flexibility index (Phi) is 65.9. The summed E-state index contributed by atoms with van der Waals surface area (Å²) >= 11 is 0. The number of phosphoric acid groups is 2. The molecule has 0 fully saturated rings. The average molecular weight is 1420 g/mol. The van der Waals surface area contributed by atoms with Crippen molar-refractivity contribution in [3.05, 3.63) is 0 Å². The number of phosphoric ester groups is 2. The minimum absolute atomic E-state index is 0.105. The molecule has 0 bridgehead atoms. The summed E-state index contributed by atoms with van der Waals surface area (Å²) < 4.78 is 68.5. The fourth-order valence-corrected chi connectivity index (χ4v) is 13.5. The third-order valence-electron chi connectivity index (χ3n) is 18.4. The van der Waals surface area contributed by atoms with E-state index in [4.69, 9.17) is 37.0 Å². The highest BCUT2D eigenvalue weighted by Gasteiger charge is 2.30. The molecule has 0 aromatic heterocycles. The summed E-state index contributed by atoms with van der Waals surface area (Å²) in [6, 6.07) is 0. The van der Waals surface area contributed by atoms with Gasteiger partial charge in [-0.1, -0.05) is 344 Å². The monoisotopic (exact) mass is 1420 g/mol. The Hall–Kier alpha value is -1.94. The highest BCUT2D eigenvalue weighted by molar-refractivity contribution is 7.47. The topological polar surface area (TPSA) is 237 Å². The van der Waals surface area contributed by atoms with E-state index in [9.17, 15) is 43.2 Å². The average Bonchev–Trinajstić information content (AvgIpc) is 1.04. The van der Waals surface area contributed by atoms with Gasteiger partial charge in [-0.15, -0.1) is 0 Å². The van der Waals surface area contributed by atoms with Crippen LogP contribution in [0.1, 0.15) is 396 Å². The van der Waals surface area contributed by atoms with Crippen molar-refractivity contribution in [2.24, 2.45) is 23.7 Å². The van der Waals surface area contributed by atoms with Gasteiger partial charge < -0.3 is 33.8 Å². The zero-order valence-electron chi connectivity index (χ0n) is 63.7. The van der Waals surface area contributed by atoms with E-state index in [2.05, 4.69) is 55.4 Å². The van der Waals surface area contributed by atoms with E-state index in [1.807, 2.05) is 0 Å². The minimum Gasteiger partial charge on any atom is -0.462 e. The van der Waals surface area contributed by atoms with E-state index in [0.29, 0.717) is 31.6 Å². The van der Waals surface area contributed by atoms with Crippen molar-refractivity contribution in [3.63, 3.8) is 0 Å². The summed E-state index contributed by atoms with van der Waals surface area (Å²) in [5.41, 5.74) is 0. The maximum atomic E-state index is 13.1. The van der Waals surface area contributed by atoms with Gasteiger partial charge in [0.2, 0.25) is 0 Å². The van der Waals surface area contributed by atoms with Gasteiger partial charge in [0, 0.05) is 25.7 Å². The molecule has 17 nitrogen and oxygen atoms in total. The van der Waals surface area contributed by atoms with E-state index in [-0.39, 0.29) is 25.7 Å². The quantitative estimate of drug-likeness (QED) is 0.0222. The zero-order valence-corrected chi connectivity index (χ0v) is 65.5. The smallest absolute Gasteiger partial charge is 0.462 e. The Bertz CT molecular complexity index is 1900. The number of unbranched alkanes of at least 4 members (excludes halogenated alkanes) is 40. The number of aliphatic hydroxyl groups excluding tert-OH is 1. The van der Waals surface area contributed by atoms with Gasteiger partial charge in [-0.25, -0.2) is 9.13 Å². The number of hydrogen-bond acceptors (Lipinski definition) is 15. The van der Waals surface area contributed by atoms with Gasteiger partial charge in [-0.3, -0.25) is 37.3 Å². The van der Waals surface area contributed by atoms with Crippen molar-refractivity contribution in [2.75, 3.05) is 39.6 Å². The molecular formula is C78H152O17P2. The second kappa shape index (κ2) is 67.2. The molecule has 576 valence electrons. The van der Waals surface area contributed by atoms with E-state index < -0.39 is 97.5 Å². The van der Waals surface area contributed by atoms with Crippen LogP contribution in [0.15, 0.2) is 0 Å². The summed E-state index contributed by atoms with van der Waals surface area (Å²) in [7, 11) is -9.91. The van der Waals surface area contributed by atoms with Crippen LogP contribution < -0.4 is 0 Å². The second-order valence-corrected chi connectivity index (χ2v) is 32.7. The van der Waals surface area contributed by atoms with E-state index in [1.54, 1.807) is 0 Å². The molecule has 3 N–H and O–H groups in total. The van der Waals surface area contributed by atoms with Crippen LogP contribution in [-0.2, 0) is 65.4 Å². The molecule has 6 atom stereocenters. The lowest BCUT2D eigenvalue weighted by Gasteiger charge is -2.21. The Balaban J connectivity index is 5.17.